The third-order valence-corrected chi connectivity index (χ3v) is 10.4. The number of aliphatic carboxylic acids is 1. The van der Waals surface area contributed by atoms with E-state index in [-0.39, 0.29) is 5.41 Å². The van der Waals surface area contributed by atoms with E-state index in [1.165, 1.54) is 11.1 Å². The summed E-state index contributed by atoms with van der Waals surface area (Å²) in [5, 5.41) is 12.2. The normalized spacial score (nSPS) is 17.4. The number of nitrogens with zero attached hydrogens (tertiary/aromatic N) is 4. The van der Waals surface area contributed by atoms with Crippen molar-refractivity contribution in [2.75, 3.05) is 29.4 Å². The Kier molecular flexibility index (Phi) is 8.38. The van der Waals surface area contributed by atoms with Crippen molar-refractivity contribution < 1.29 is 14.6 Å². The van der Waals surface area contributed by atoms with Gasteiger partial charge < -0.3 is 19.6 Å². The van der Waals surface area contributed by atoms with Gasteiger partial charge in [0.1, 0.15) is 0 Å². The van der Waals surface area contributed by atoms with Gasteiger partial charge in [-0.25, -0.2) is 9.78 Å². The van der Waals surface area contributed by atoms with Crippen molar-refractivity contribution in [3.63, 3.8) is 0 Å². The summed E-state index contributed by atoms with van der Waals surface area (Å²) >= 11 is 7.91. The Morgan fingerprint density at radius 3 is 2.42 bits per heavy atom. The number of carbonyl (C=O) groups is 1. The smallest absolute Gasteiger partial charge is 0.337 e. The molecule has 2 aliphatic heterocycles. The number of aryl methyl sites for hydroxylation is 2. The molecule has 0 bridgehead atoms. The van der Waals surface area contributed by atoms with Crippen LogP contribution in [0, 0.1) is 19.3 Å². The largest absolute Gasteiger partial charge is 0.479 e. The molecule has 1 N–H and O–H groups in total. The van der Waals surface area contributed by atoms with E-state index in [2.05, 4.69) is 41.8 Å². The minimum atomic E-state index is -1.13. The van der Waals surface area contributed by atoms with Crippen LogP contribution in [0.2, 0.25) is 5.02 Å². The van der Waals surface area contributed by atoms with Gasteiger partial charge in [0.15, 0.2) is 11.2 Å². The summed E-state index contributed by atoms with van der Waals surface area (Å²) in [6.45, 7) is 17.7. The molecule has 6 rings (SSSR count). The van der Waals surface area contributed by atoms with E-state index >= 15 is 0 Å². The van der Waals surface area contributed by atoms with Crippen LogP contribution in [-0.4, -0.2) is 46.3 Å². The molecule has 1 atom stereocenters. The molecule has 9 heteroatoms. The van der Waals surface area contributed by atoms with E-state index in [4.69, 9.17) is 26.3 Å². The van der Waals surface area contributed by atoms with Crippen molar-refractivity contribution in [2.45, 2.75) is 86.0 Å². The van der Waals surface area contributed by atoms with Gasteiger partial charge in [0.2, 0.25) is 0 Å². The Balaban J connectivity index is 1.42. The highest BCUT2D eigenvalue weighted by molar-refractivity contribution is 7.22. The van der Waals surface area contributed by atoms with E-state index in [1.807, 2.05) is 52.8 Å². The Morgan fingerprint density at radius 2 is 1.73 bits per heavy atom. The van der Waals surface area contributed by atoms with E-state index < -0.39 is 17.7 Å². The second-order valence-corrected chi connectivity index (χ2v) is 15.7. The molecule has 2 aromatic carbocycles. The van der Waals surface area contributed by atoms with Crippen LogP contribution in [0.1, 0.15) is 81.6 Å². The highest BCUT2D eigenvalue weighted by atomic mass is 35.5. The fraction of sp³-hybridized carbons (Fsp3) is 0.472. The average Bonchev–Trinajstić information content (AvgIpc) is 3.38. The molecule has 4 heterocycles. The van der Waals surface area contributed by atoms with Gasteiger partial charge in [0.25, 0.3) is 0 Å². The number of anilines is 2. The molecule has 7 nitrogen and oxygen atoms in total. The van der Waals surface area contributed by atoms with Crippen LogP contribution in [-0.2, 0) is 22.5 Å². The molecule has 0 aliphatic carbocycles. The van der Waals surface area contributed by atoms with Gasteiger partial charge in [-0.1, -0.05) is 55.0 Å². The van der Waals surface area contributed by atoms with E-state index in [0.29, 0.717) is 11.3 Å². The van der Waals surface area contributed by atoms with Crippen molar-refractivity contribution in [3.05, 3.63) is 69.5 Å². The van der Waals surface area contributed by atoms with Crippen LogP contribution in [0.3, 0.4) is 0 Å². The lowest BCUT2D eigenvalue weighted by Crippen LogP contribution is -2.39. The molecule has 238 valence electrons. The Morgan fingerprint density at radius 1 is 1.00 bits per heavy atom. The first-order valence-electron chi connectivity index (χ1n) is 15.8. The van der Waals surface area contributed by atoms with Crippen LogP contribution in [0.15, 0.2) is 36.4 Å². The maximum absolute atomic E-state index is 12.8. The number of fused-ring (bicyclic) bond motifs is 2. The van der Waals surface area contributed by atoms with Gasteiger partial charge in [-0.15, -0.1) is 0 Å². The van der Waals surface area contributed by atoms with Crippen LogP contribution in [0.25, 0.3) is 21.3 Å². The molecule has 2 aromatic heterocycles. The first-order valence-corrected chi connectivity index (χ1v) is 17.0. The highest BCUT2D eigenvalue weighted by Crippen LogP contribution is 2.45. The van der Waals surface area contributed by atoms with Gasteiger partial charge in [-0.3, -0.25) is 4.98 Å². The van der Waals surface area contributed by atoms with E-state index in [1.54, 1.807) is 11.3 Å². The first kappa shape index (κ1) is 31.8. The van der Waals surface area contributed by atoms with Crippen molar-refractivity contribution in [1.29, 1.82) is 0 Å². The zero-order valence-corrected chi connectivity index (χ0v) is 28.9. The molecule has 0 amide bonds. The number of halogens is 1. The van der Waals surface area contributed by atoms with Gasteiger partial charge in [0, 0.05) is 53.7 Å². The van der Waals surface area contributed by atoms with E-state index in [9.17, 15) is 9.90 Å². The predicted molar refractivity (Wildman–Crippen MR) is 185 cm³/mol. The summed E-state index contributed by atoms with van der Waals surface area (Å²) in [4.78, 5) is 27.4. The number of rotatable bonds is 6. The minimum absolute atomic E-state index is 0.245. The summed E-state index contributed by atoms with van der Waals surface area (Å²) in [7, 11) is 0. The number of pyridine rings is 1. The lowest BCUT2D eigenvalue weighted by Gasteiger charge is -2.41. The Labute approximate surface area is 275 Å². The van der Waals surface area contributed by atoms with Crippen molar-refractivity contribution >= 4 is 49.9 Å². The quantitative estimate of drug-likeness (QED) is 0.224. The Hall–Kier alpha value is -3.20. The molecular formula is C36H43ClN4O3S. The predicted octanol–water partition coefficient (Wildman–Crippen LogP) is 8.76. The third-order valence-electron chi connectivity index (χ3n) is 9.09. The lowest BCUT2D eigenvalue weighted by atomic mass is 9.81. The molecule has 1 fully saturated rings. The molecule has 0 radical (unpaired) electrons. The second-order valence-electron chi connectivity index (χ2n) is 14.3. The number of aromatic nitrogens is 2. The van der Waals surface area contributed by atoms with Crippen LogP contribution in [0.5, 0.6) is 0 Å². The number of piperidine rings is 1. The summed E-state index contributed by atoms with van der Waals surface area (Å²) in [6.07, 6.45) is 1.82. The second kappa shape index (κ2) is 11.9. The summed E-state index contributed by atoms with van der Waals surface area (Å²) in [5.74, 6) is -0.995. The monoisotopic (exact) mass is 646 g/mol. The van der Waals surface area contributed by atoms with Crippen molar-refractivity contribution in [3.8, 4) is 11.1 Å². The maximum Gasteiger partial charge on any atom is 0.337 e. The maximum atomic E-state index is 12.8. The fourth-order valence-corrected chi connectivity index (χ4v) is 7.91. The summed E-state index contributed by atoms with van der Waals surface area (Å²) < 4.78 is 7.36. The summed E-state index contributed by atoms with van der Waals surface area (Å²) in [5.41, 5.74) is 8.47. The highest BCUT2D eigenvalue weighted by Gasteiger charge is 2.36. The molecule has 0 spiro atoms. The third kappa shape index (κ3) is 6.56. The standard InChI is InChI=1S/C36H43ClN4O3S/c1-21-29(24-8-9-25-20-41(15-12-23(25)18-24)34-39-27-11-10-26(37)19-28(27)45-34)31(40-16-13-36(6,7)14-17-40)30(22(2)38-21)32(33(42)43)44-35(3,4)5/h8-11,18-19,32H,12-17,20H2,1-7H3,(H,42,43)/t32-/m0/s1. The number of hydrogen-bond donors (Lipinski definition) is 1. The molecule has 2 aliphatic rings. The molecule has 1 saturated heterocycles. The van der Waals surface area contributed by atoms with Crippen LogP contribution >= 0.6 is 22.9 Å². The topological polar surface area (TPSA) is 78.8 Å². The number of thiazole rings is 1. The van der Waals surface area contributed by atoms with Crippen LogP contribution in [0.4, 0.5) is 10.8 Å². The Bertz CT molecular complexity index is 1770. The minimum Gasteiger partial charge on any atom is -0.479 e. The fourth-order valence-electron chi connectivity index (χ4n) is 6.65. The van der Waals surface area contributed by atoms with Gasteiger partial charge in [-0.2, -0.15) is 0 Å². The van der Waals surface area contributed by atoms with Crippen LogP contribution < -0.4 is 9.80 Å². The number of carboxylic acids is 1. The van der Waals surface area contributed by atoms with Crippen molar-refractivity contribution in [2.24, 2.45) is 5.41 Å². The SMILES string of the molecule is Cc1nc(C)c([C@H](OC(C)(C)C)C(=O)O)c(N2CCC(C)(C)CC2)c1-c1ccc2c(c1)CCN(c1nc3ccc(Cl)cc3s1)C2. The average molecular weight is 647 g/mol. The first-order chi connectivity index (χ1) is 21.2. The zero-order chi connectivity index (χ0) is 32.3. The lowest BCUT2D eigenvalue weighted by molar-refractivity contribution is -0.160. The van der Waals surface area contributed by atoms with Crippen molar-refractivity contribution in [1.82, 2.24) is 9.97 Å². The molecule has 0 unspecified atom stereocenters. The molecule has 0 saturated carbocycles. The number of benzene rings is 2. The zero-order valence-electron chi connectivity index (χ0n) is 27.3. The number of ether oxygens (including phenoxy) is 1. The molecule has 4 aromatic rings. The van der Waals surface area contributed by atoms with Gasteiger partial charge >= 0.3 is 5.97 Å². The van der Waals surface area contributed by atoms with Gasteiger partial charge in [-0.05, 0) is 94.2 Å². The van der Waals surface area contributed by atoms with E-state index in [0.717, 1.165) is 88.3 Å². The van der Waals surface area contributed by atoms with Gasteiger partial charge in [0.05, 0.1) is 21.5 Å². The summed E-state index contributed by atoms with van der Waals surface area (Å²) in [6, 6.07) is 12.6. The molecular weight excluding hydrogens is 604 g/mol. The molecule has 45 heavy (non-hydrogen) atoms. The number of carboxylic acid groups (broad SMARTS) is 1. The number of hydrogen-bond acceptors (Lipinski definition) is 7.